The Bertz CT molecular complexity index is 2680. The van der Waals surface area contributed by atoms with Gasteiger partial charge in [0.05, 0.1) is 39.6 Å². The van der Waals surface area contributed by atoms with Crippen molar-refractivity contribution in [3.8, 4) is 11.4 Å². The first-order valence-electron chi connectivity index (χ1n) is 18.9. The molecule has 2 aliphatic heterocycles. The van der Waals surface area contributed by atoms with E-state index < -0.39 is 5.66 Å². The van der Waals surface area contributed by atoms with Crippen molar-refractivity contribution in [3.63, 3.8) is 0 Å². The second-order valence-electron chi connectivity index (χ2n) is 15.5. The molecular formula is C47H36N6. The van der Waals surface area contributed by atoms with Gasteiger partial charge in [-0.05, 0) is 73.2 Å². The number of hydrogen-bond acceptors (Lipinski definition) is 5. The second-order valence-corrected chi connectivity index (χ2v) is 15.5. The van der Waals surface area contributed by atoms with Crippen molar-refractivity contribution < 1.29 is 0 Å². The third kappa shape index (κ3) is 3.98. The molecule has 0 N–H and O–H groups in total. The number of para-hydroxylation sites is 3. The van der Waals surface area contributed by atoms with Crippen molar-refractivity contribution in [2.24, 2.45) is 21.8 Å². The van der Waals surface area contributed by atoms with Gasteiger partial charge in [0.2, 0.25) is 5.96 Å². The van der Waals surface area contributed by atoms with Crippen LogP contribution in [0, 0.1) is 11.8 Å². The van der Waals surface area contributed by atoms with Gasteiger partial charge >= 0.3 is 0 Å². The summed E-state index contributed by atoms with van der Waals surface area (Å²) in [6.45, 7) is 0. The number of nitrogens with zero attached hydrogens (tertiary/aromatic N) is 6. The highest BCUT2D eigenvalue weighted by Crippen LogP contribution is 2.72. The maximum Gasteiger partial charge on any atom is 0.228 e. The number of rotatable bonds is 5. The minimum Gasteiger partial charge on any atom is -0.314 e. The topological polar surface area (TPSA) is 58.7 Å². The van der Waals surface area contributed by atoms with E-state index in [1.165, 1.54) is 33.1 Å². The van der Waals surface area contributed by atoms with Gasteiger partial charge in [-0.1, -0.05) is 109 Å². The van der Waals surface area contributed by atoms with Crippen LogP contribution in [0.1, 0.15) is 36.1 Å². The van der Waals surface area contributed by atoms with Gasteiger partial charge in [0, 0.05) is 45.7 Å². The van der Waals surface area contributed by atoms with Gasteiger partial charge in [-0.15, -0.1) is 0 Å². The number of aromatic nitrogens is 3. The van der Waals surface area contributed by atoms with Crippen molar-refractivity contribution in [2.45, 2.75) is 42.3 Å². The van der Waals surface area contributed by atoms with Gasteiger partial charge in [-0.2, -0.15) is 0 Å². The summed E-state index contributed by atoms with van der Waals surface area (Å²) in [7, 11) is 0. The number of anilines is 1. The Morgan fingerprint density at radius 3 is 2.36 bits per heavy atom. The highest BCUT2D eigenvalue weighted by molar-refractivity contribution is 6.18. The maximum atomic E-state index is 5.86. The number of hydrogen-bond donors (Lipinski definition) is 0. The standard InChI is InChI=1S/C47H36N6/c1-2-14-31(15-3-1)26-33-27-32(28-39(49-33)38-19-10-13-25-48-38)43-37-29-47(37,52-40-20-7-4-16-34(40)35-17-5-8-21-41(35)52)51-44(50-43)53-42-22-9-6-18-36(42)45-23-11-12-24-46(45,53)30-45/h1-14,16-25,27-28,31,37H,15,26,29-30H2. The molecule has 0 radical (unpaired) electrons. The zero-order valence-electron chi connectivity index (χ0n) is 29.2. The SMILES string of the molecule is C1=CCC(Cc2cc(C3=NC(N4c5ccccc5C56C=CC=CC45C6)=NC4(n5c6ccccc6c6ccccc65)CC34)cc(-c3ccccn3)n2)C=C1. The maximum absolute atomic E-state index is 5.86. The molecule has 0 saturated heterocycles. The molecule has 254 valence electrons. The van der Waals surface area contributed by atoms with Crippen molar-refractivity contribution in [3.05, 3.63) is 175 Å². The van der Waals surface area contributed by atoms with E-state index in [1.54, 1.807) is 0 Å². The van der Waals surface area contributed by atoms with Gasteiger partial charge in [-0.25, -0.2) is 9.98 Å². The fourth-order valence-electron chi connectivity index (χ4n) is 10.1. The molecule has 3 aromatic carbocycles. The summed E-state index contributed by atoms with van der Waals surface area (Å²) in [5.74, 6) is 1.29. The number of fused-ring (bicyclic) bond motifs is 5. The summed E-state index contributed by atoms with van der Waals surface area (Å²) in [5.41, 5.74) is 9.20. The van der Waals surface area contributed by atoms with Crippen LogP contribution in [0.5, 0.6) is 0 Å². The lowest BCUT2D eigenvalue weighted by Crippen LogP contribution is -2.44. The smallest absolute Gasteiger partial charge is 0.228 e. The first-order chi connectivity index (χ1) is 26.2. The summed E-state index contributed by atoms with van der Waals surface area (Å²) in [6.07, 6.45) is 23.7. The Balaban J connectivity index is 1.09. The van der Waals surface area contributed by atoms with Crippen molar-refractivity contribution in [1.82, 2.24) is 14.5 Å². The quantitative estimate of drug-likeness (QED) is 0.182. The predicted octanol–water partition coefficient (Wildman–Crippen LogP) is 9.48. The van der Waals surface area contributed by atoms with Gasteiger partial charge in [0.15, 0.2) is 0 Å². The lowest BCUT2D eigenvalue weighted by molar-refractivity contribution is 0.512. The normalized spacial score (nSPS) is 28.3. The van der Waals surface area contributed by atoms with Crippen LogP contribution in [0.2, 0.25) is 0 Å². The molecule has 2 fully saturated rings. The summed E-state index contributed by atoms with van der Waals surface area (Å²) >= 11 is 0. The zero-order chi connectivity index (χ0) is 34.8. The Hall–Kier alpha value is -6.14. The van der Waals surface area contributed by atoms with Crippen LogP contribution in [0.4, 0.5) is 5.69 Å². The summed E-state index contributed by atoms with van der Waals surface area (Å²) in [6, 6.07) is 37.1. The van der Waals surface area contributed by atoms with E-state index in [9.17, 15) is 0 Å². The molecule has 4 aliphatic carbocycles. The third-order valence-corrected chi connectivity index (χ3v) is 12.6. The number of guanidine groups is 1. The van der Waals surface area contributed by atoms with Crippen LogP contribution in [-0.4, -0.2) is 31.7 Å². The summed E-state index contributed by atoms with van der Waals surface area (Å²) in [4.78, 5) is 24.0. The molecule has 6 aromatic rings. The molecular weight excluding hydrogens is 649 g/mol. The lowest BCUT2D eigenvalue weighted by atomic mass is 9.90. The molecule has 0 bridgehead atoms. The predicted molar refractivity (Wildman–Crippen MR) is 213 cm³/mol. The molecule has 5 heterocycles. The second kappa shape index (κ2) is 10.5. The van der Waals surface area contributed by atoms with Crippen LogP contribution < -0.4 is 4.90 Å². The first kappa shape index (κ1) is 29.4. The molecule has 2 saturated carbocycles. The molecule has 53 heavy (non-hydrogen) atoms. The Labute approximate surface area is 308 Å². The van der Waals surface area contributed by atoms with Gasteiger partial charge in [-0.3, -0.25) is 14.9 Å². The van der Waals surface area contributed by atoms with Gasteiger partial charge < -0.3 is 4.57 Å². The highest BCUT2D eigenvalue weighted by Gasteiger charge is 2.75. The summed E-state index contributed by atoms with van der Waals surface area (Å²) < 4.78 is 2.54. The van der Waals surface area contributed by atoms with E-state index in [1.807, 2.05) is 18.3 Å². The van der Waals surface area contributed by atoms with Gasteiger partial charge in [0.25, 0.3) is 0 Å². The minimum absolute atomic E-state index is 0.0606. The van der Waals surface area contributed by atoms with Crippen molar-refractivity contribution >= 4 is 39.2 Å². The number of allylic oxidation sites excluding steroid dienone is 6. The molecule has 3 aromatic heterocycles. The third-order valence-electron chi connectivity index (χ3n) is 12.6. The lowest BCUT2D eigenvalue weighted by Gasteiger charge is -2.33. The number of benzene rings is 3. The molecule has 12 rings (SSSR count). The first-order valence-corrected chi connectivity index (χ1v) is 18.9. The van der Waals surface area contributed by atoms with Crippen LogP contribution in [0.25, 0.3) is 33.2 Å². The van der Waals surface area contributed by atoms with E-state index in [0.29, 0.717) is 5.92 Å². The van der Waals surface area contributed by atoms with Gasteiger partial charge in [0.1, 0.15) is 5.66 Å². The molecule has 5 atom stereocenters. The largest absolute Gasteiger partial charge is 0.314 e. The number of pyridine rings is 2. The molecule has 6 aliphatic rings. The molecule has 5 unspecified atom stereocenters. The van der Waals surface area contributed by atoms with E-state index in [0.717, 1.165) is 60.0 Å². The van der Waals surface area contributed by atoms with Crippen LogP contribution >= 0.6 is 0 Å². The Morgan fingerprint density at radius 2 is 1.55 bits per heavy atom. The van der Waals surface area contributed by atoms with Crippen molar-refractivity contribution in [1.29, 1.82) is 0 Å². The van der Waals surface area contributed by atoms with Crippen LogP contribution in [-0.2, 0) is 17.5 Å². The van der Waals surface area contributed by atoms with Crippen LogP contribution in [0.3, 0.4) is 0 Å². The monoisotopic (exact) mass is 684 g/mol. The van der Waals surface area contributed by atoms with E-state index in [2.05, 4.69) is 149 Å². The van der Waals surface area contributed by atoms with E-state index in [-0.39, 0.29) is 16.9 Å². The fraction of sp³-hybridized carbons (Fsp3) is 0.191. The molecule has 0 spiro atoms. The molecule has 0 amide bonds. The summed E-state index contributed by atoms with van der Waals surface area (Å²) in [5, 5.41) is 2.52. The Kier molecular flexibility index (Phi) is 5.82. The van der Waals surface area contributed by atoms with Crippen LogP contribution in [0.15, 0.2) is 168 Å². The Morgan fingerprint density at radius 1 is 0.755 bits per heavy atom. The fourth-order valence-corrected chi connectivity index (χ4v) is 10.1. The number of aliphatic imine (C=N–C) groups is 2. The zero-order valence-corrected chi connectivity index (χ0v) is 29.2. The minimum atomic E-state index is -0.527. The average Bonchev–Trinajstić information content (AvgIpc) is 4.06. The van der Waals surface area contributed by atoms with E-state index in [4.69, 9.17) is 20.0 Å². The highest BCUT2D eigenvalue weighted by atomic mass is 15.4. The average molecular weight is 685 g/mol. The van der Waals surface area contributed by atoms with E-state index >= 15 is 0 Å². The molecule has 6 nitrogen and oxygen atoms in total. The van der Waals surface area contributed by atoms with Crippen molar-refractivity contribution in [2.75, 3.05) is 4.90 Å². The molecule has 6 heteroatoms.